The Kier molecular flexibility index (Phi) is 6.79. The van der Waals surface area contributed by atoms with E-state index >= 15 is 0 Å². The molecule has 0 spiro atoms. The van der Waals surface area contributed by atoms with Crippen LogP contribution in [-0.2, 0) is 0 Å². The summed E-state index contributed by atoms with van der Waals surface area (Å²) in [5, 5.41) is 15.7. The van der Waals surface area contributed by atoms with Crippen LogP contribution in [0.2, 0.25) is 0 Å². The Morgan fingerprint density at radius 3 is 2.76 bits per heavy atom. The third-order valence-corrected chi connectivity index (χ3v) is 5.23. The number of amides is 1. The number of hydrogen-bond donors (Lipinski definition) is 2. The van der Waals surface area contributed by atoms with Crippen molar-refractivity contribution in [2.24, 2.45) is 5.92 Å². The fourth-order valence-electron chi connectivity index (χ4n) is 2.86. The molecule has 4 rings (SSSR count). The van der Waals surface area contributed by atoms with Crippen LogP contribution in [0.25, 0.3) is 0 Å². The van der Waals surface area contributed by atoms with Crippen LogP contribution in [0.5, 0.6) is 0 Å². The smallest absolute Gasteiger partial charge is 0.257 e. The van der Waals surface area contributed by atoms with Crippen LogP contribution >= 0.6 is 36.2 Å². The molecule has 2 fully saturated rings. The average molecular weight is 401 g/mol. The van der Waals surface area contributed by atoms with E-state index in [9.17, 15) is 4.79 Å². The van der Waals surface area contributed by atoms with Gasteiger partial charge in [-0.1, -0.05) is 23.5 Å². The van der Waals surface area contributed by atoms with Crippen LogP contribution in [0.3, 0.4) is 0 Å². The number of carbonyl (C=O) groups excluding carboxylic acids is 1. The van der Waals surface area contributed by atoms with Crippen molar-refractivity contribution in [2.75, 3.05) is 11.9 Å². The second kappa shape index (κ2) is 8.45. The molecule has 0 unspecified atom stereocenters. The van der Waals surface area contributed by atoms with Crippen LogP contribution in [0.1, 0.15) is 46.1 Å². The first-order valence-electron chi connectivity index (χ1n) is 8.14. The molecule has 136 valence electrons. The lowest BCUT2D eigenvalue weighted by molar-refractivity contribution is 0.102. The molecule has 2 aromatic rings. The second-order valence-corrected chi connectivity index (χ2v) is 7.69. The molecule has 2 aliphatic rings. The van der Waals surface area contributed by atoms with Gasteiger partial charge in [-0.2, -0.15) is 0 Å². The van der Waals surface area contributed by atoms with Crippen molar-refractivity contribution in [1.29, 1.82) is 0 Å². The molecule has 1 aromatic heterocycles. The van der Waals surface area contributed by atoms with Gasteiger partial charge in [-0.3, -0.25) is 10.1 Å². The summed E-state index contributed by atoms with van der Waals surface area (Å²) in [5.41, 5.74) is 1.93. The van der Waals surface area contributed by atoms with Gasteiger partial charge in [0.1, 0.15) is 5.01 Å². The van der Waals surface area contributed by atoms with Crippen molar-refractivity contribution >= 4 is 47.2 Å². The number of rotatable bonds is 6. The van der Waals surface area contributed by atoms with Crippen molar-refractivity contribution < 1.29 is 4.79 Å². The number of anilines is 1. The zero-order valence-corrected chi connectivity index (χ0v) is 16.3. The number of nitrogens with zero attached hydrogens (tertiary/aromatic N) is 2. The van der Waals surface area contributed by atoms with E-state index in [1.807, 2.05) is 25.1 Å². The number of carbonyl (C=O) groups is 1. The summed E-state index contributed by atoms with van der Waals surface area (Å²) >= 11 is 1.38. The van der Waals surface area contributed by atoms with Gasteiger partial charge in [-0.15, -0.1) is 35.0 Å². The maximum atomic E-state index is 12.3. The zero-order chi connectivity index (χ0) is 15.8. The molecule has 2 aliphatic carbocycles. The highest BCUT2D eigenvalue weighted by Gasteiger charge is 2.39. The summed E-state index contributed by atoms with van der Waals surface area (Å²) in [5.74, 6) is 1.33. The van der Waals surface area contributed by atoms with Crippen LogP contribution in [0, 0.1) is 12.8 Å². The van der Waals surface area contributed by atoms with E-state index < -0.39 is 0 Å². The molecule has 0 saturated heterocycles. The summed E-state index contributed by atoms with van der Waals surface area (Å²) in [6.07, 6.45) is 3.93. The molecule has 25 heavy (non-hydrogen) atoms. The molecule has 2 saturated carbocycles. The number of hydrogen-bond acceptors (Lipinski definition) is 5. The Bertz CT molecular complexity index is 735. The van der Waals surface area contributed by atoms with Gasteiger partial charge < -0.3 is 5.32 Å². The van der Waals surface area contributed by atoms with Crippen molar-refractivity contribution in [3.05, 3.63) is 40.4 Å². The normalized spacial score (nSPS) is 21.0. The quantitative estimate of drug-likeness (QED) is 0.773. The first kappa shape index (κ1) is 20.1. The van der Waals surface area contributed by atoms with Gasteiger partial charge in [0.15, 0.2) is 0 Å². The second-order valence-electron chi connectivity index (χ2n) is 6.51. The molecule has 1 aromatic carbocycles. The molecule has 2 N–H and O–H groups in total. The van der Waals surface area contributed by atoms with Crippen molar-refractivity contribution in [2.45, 2.75) is 38.1 Å². The lowest BCUT2D eigenvalue weighted by Gasteiger charge is -2.06. The van der Waals surface area contributed by atoms with E-state index in [0.717, 1.165) is 17.5 Å². The van der Waals surface area contributed by atoms with Gasteiger partial charge in [0.25, 0.3) is 5.91 Å². The Labute approximate surface area is 163 Å². The molecule has 5 nitrogen and oxygen atoms in total. The minimum atomic E-state index is -0.119. The van der Waals surface area contributed by atoms with E-state index in [0.29, 0.717) is 22.7 Å². The SMILES string of the molecule is Cc1nnc(NC(=O)c2cccc([C@@H]3C[C@H]3NCC3CC3)c2)s1.Cl.Cl. The fourth-order valence-corrected chi connectivity index (χ4v) is 3.44. The number of aromatic nitrogens is 2. The van der Waals surface area contributed by atoms with Gasteiger partial charge in [0.2, 0.25) is 5.13 Å². The van der Waals surface area contributed by atoms with Gasteiger partial charge in [-0.25, -0.2) is 0 Å². The molecule has 0 aliphatic heterocycles. The first-order chi connectivity index (χ1) is 11.2. The lowest BCUT2D eigenvalue weighted by Crippen LogP contribution is -2.20. The highest BCUT2D eigenvalue weighted by atomic mass is 35.5. The topological polar surface area (TPSA) is 66.9 Å². The maximum absolute atomic E-state index is 12.3. The summed E-state index contributed by atoms with van der Waals surface area (Å²) in [6.45, 7) is 3.02. The van der Waals surface area contributed by atoms with Crippen LogP contribution in [0.15, 0.2) is 24.3 Å². The molecular formula is C17H22Cl2N4OS. The van der Waals surface area contributed by atoms with Gasteiger partial charge in [0, 0.05) is 17.5 Å². The highest BCUT2D eigenvalue weighted by molar-refractivity contribution is 7.15. The Morgan fingerprint density at radius 2 is 2.08 bits per heavy atom. The van der Waals surface area contributed by atoms with E-state index in [1.165, 1.54) is 36.2 Å². The Morgan fingerprint density at radius 1 is 1.28 bits per heavy atom. The number of halogens is 2. The number of benzene rings is 1. The first-order valence-corrected chi connectivity index (χ1v) is 8.95. The Balaban J connectivity index is 0.00000113. The summed E-state index contributed by atoms with van der Waals surface area (Å²) in [6, 6.07) is 8.52. The molecule has 1 amide bonds. The zero-order valence-electron chi connectivity index (χ0n) is 13.9. The van der Waals surface area contributed by atoms with Crippen LogP contribution in [0.4, 0.5) is 5.13 Å². The molecular weight excluding hydrogens is 379 g/mol. The largest absolute Gasteiger partial charge is 0.313 e. The van der Waals surface area contributed by atoms with Crippen molar-refractivity contribution in [1.82, 2.24) is 15.5 Å². The van der Waals surface area contributed by atoms with E-state index in [1.54, 1.807) is 0 Å². The predicted octanol–water partition coefficient (Wildman–Crippen LogP) is 3.80. The summed E-state index contributed by atoms with van der Waals surface area (Å²) in [7, 11) is 0. The molecule has 2 atom stereocenters. The molecule has 8 heteroatoms. The minimum absolute atomic E-state index is 0. The average Bonchev–Trinajstić information content (AvgIpc) is 3.45. The summed E-state index contributed by atoms with van der Waals surface area (Å²) in [4.78, 5) is 12.3. The van der Waals surface area contributed by atoms with Gasteiger partial charge in [0.05, 0.1) is 0 Å². The fraction of sp³-hybridized carbons (Fsp3) is 0.471. The lowest BCUT2D eigenvalue weighted by atomic mass is 10.1. The van der Waals surface area contributed by atoms with E-state index in [4.69, 9.17) is 0 Å². The maximum Gasteiger partial charge on any atom is 0.257 e. The molecule has 1 heterocycles. The molecule has 0 radical (unpaired) electrons. The van der Waals surface area contributed by atoms with E-state index in [2.05, 4.69) is 26.9 Å². The van der Waals surface area contributed by atoms with Gasteiger partial charge in [-0.05, 0) is 56.3 Å². The number of aryl methyl sites for hydroxylation is 1. The van der Waals surface area contributed by atoms with Crippen LogP contribution < -0.4 is 10.6 Å². The third kappa shape index (κ3) is 5.14. The number of nitrogens with one attached hydrogen (secondary N) is 2. The monoisotopic (exact) mass is 400 g/mol. The van der Waals surface area contributed by atoms with Gasteiger partial charge >= 0.3 is 0 Å². The minimum Gasteiger partial charge on any atom is -0.313 e. The summed E-state index contributed by atoms with van der Waals surface area (Å²) < 4.78 is 0. The van der Waals surface area contributed by atoms with Crippen molar-refractivity contribution in [3.8, 4) is 0 Å². The Hall–Kier alpha value is -1.21. The third-order valence-electron chi connectivity index (χ3n) is 4.48. The highest BCUT2D eigenvalue weighted by Crippen LogP contribution is 2.41. The van der Waals surface area contributed by atoms with Crippen molar-refractivity contribution in [3.63, 3.8) is 0 Å². The molecule has 0 bridgehead atoms. The van der Waals surface area contributed by atoms with E-state index in [-0.39, 0.29) is 30.7 Å². The van der Waals surface area contributed by atoms with Crippen LogP contribution in [-0.4, -0.2) is 28.7 Å². The standard InChI is InChI=1S/C17H20N4OS.2ClH/c1-10-20-21-17(23-10)19-16(22)13-4-2-3-12(7-13)14-8-15(14)18-9-11-5-6-11;;/h2-4,7,11,14-15,18H,5-6,8-9H2,1H3,(H,19,21,22);2*1H/t14-,15+;;/m0../s1. The predicted molar refractivity (Wildman–Crippen MR) is 105 cm³/mol.